The number of thioether (sulfide) groups is 1. The number of carbonyl (C=O) groups excluding carboxylic acids is 2. The van der Waals surface area contributed by atoms with E-state index in [2.05, 4.69) is 28.9 Å². The fourth-order valence-electron chi connectivity index (χ4n) is 4.14. The molecule has 0 radical (unpaired) electrons. The molecule has 2 aliphatic rings. The minimum Gasteiger partial charge on any atom is -0.460 e. The van der Waals surface area contributed by atoms with Crippen LogP contribution in [0.15, 0.2) is 36.9 Å². The molecule has 172 valence electrons. The lowest BCUT2D eigenvalue weighted by molar-refractivity contribution is -0.146. The summed E-state index contributed by atoms with van der Waals surface area (Å²) in [6, 6.07) is 10.3. The Balaban J connectivity index is 1.58. The van der Waals surface area contributed by atoms with Crippen LogP contribution in [0.25, 0.3) is 0 Å². The topological polar surface area (TPSA) is 85.7 Å². The van der Waals surface area contributed by atoms with Crippen LogP contribution in [0.1, 0.15) is 25.3 Å². The molecule has 2 fully saturated rings. The SMILES string of the molecule is C=CCOC(=O)C(C#N)[C@@H]1S[C@H](CNc2cccc(CCN3CCCC3)c2)C(=O)N1CC. The number of esters is 1. The van der Waals surface area contributed by atoms with Crippen molar-refractivity contribution < 1.29 is 14.3 Å². The molecule has 8 heteroatoms. The van der Waals surface area contributed by atoms with Crippen molar-refractivity contribution in [2.45, 2.75) is 36.8 Å². The highest BCUT2D eigenvalue weighted by Gasteiger charge is 2.46. The van der Waals surface area contributed by atoms with Gasteiger partial charge in [0.2, 0.25) is 5.91 Å². The summed E-state index contributed by atoms with van der Waals surface area (Å²) in [6.45, 7) is 9.76. The molecule has 2 saturated heterocycles. The van der Waals surface area contributed by atoms with E-state index in [4.69, 9.17) is 4.74 Å². The van der Waals surface area contributed by atoms with Crippen LogP contribution in [0.4, 0.5) is 5.69 Å². The summed E-state index contributed by atoms with van der Waals surface area (Å²) in [5.74, 6) is -1.70. The second-order valence-electron chi connectivity index (χ2n) is 8.05. The lowest BCUT2D eigenvalue weighted by atomic mass is 10.1. The number of nitriles is 1. The largest absolute Gasteiger partial charge is 0.460 e. The molecule has 2 heterocycles. The number of hydrogen-bond acceptors (Lipinski definition) is 7. The molecule has 7 nitrogen and oxygen atoms in total. The number of nitrogens with zero attached hydrogens (tertiary/aromatic N) is 3. The van der Waals surface area contributed by atoms with Gasteiger partial charge in [0.05, 0.1) is 6.07 Å². The first kappa shape index (κ1) is 24.1. The third kappa shape index (κ3) is 6.05. The molecule has 0 bridgehead atoms. The lowest BCUT2D eigenvalue weighted by Crippen LogP contribution is -2.41. The van der Waals surface area contributed by atoms with Gasteiger partial charge in [-0.05, 0) is 57.0 Å². The minimum atomic E-state index is -1.03. The van der Waals surface area contributed by atoms with Crippen molar-refractivity contribution in [1.29, 1.82) is 5.26 Å². The first-order valence-electron chi connectivity index (χ1n) is 11.3. The Morgan fingerprint density at radius 1 is 1.44 bits per heavy atom. The van der Waals surface area contributed by atoms with Crippen LogP contribution in [0, 0.1) is 17.2 Å². The van der Waals surface area contributed by atoms with Gasteiger partial charge in [-0.25, -0.2) is 0 Å². The Morgan fingerprint density at radius 3 is 2.91 bits per heavy atom. The minimum absolute atomic E-state index is 0.0492. The maximum absolute atomic E-state index is 12.9. The number of carbonyl (C=O) groups is 2. The van der Waals surface area contributed by atoms with E-state index in [1.165, 1.54) is 49.3 Å². The maximum Gasteiger partial charge on any atom is 0.326 e. The summed E-state index contributed by atoms with van der Waals surface area (Å²) in [5, 5.41) is 12.0. The van der Waals surface area contributed by atoms with Crippen LogP contribution in [-0.2, 0) is 20.7 Å². The third-order valence-corrected chi connectivity index (χ3v) is 7.37. The molecule has 0 saturated carbocycles. The quantitative estimate of drug-likeness (QED) is 0.405. The van der Waals surface area contributed by atoms with Gasteiger partial charge < -0.3 is 19.9 Å². The van der Waals surface area contributed by atoms with Crippen molar-refractivity contribution in [2.75, 3.05) is 44.6 Å². The Labute approximate surface area is 194 Å². The third-order valence-electron chi connectivity index (χ3n) is 5.87. The van der Waals surface area contributed by atoms with Crippen molar-refractivity contribution in [1.82, 2.24) is 9.80 Å². The van der Waals surface area contributed by atoms with E-state index >= 15 is 0 Å². The molecule has 1 aromatic rings. The normalized spacial score (nSPS) is 21.9. The molecule has 32 heavy (non-hydrogen) atoms. The van der Waals surface area contributed by atoms with Gasteiger partial charge in [0.15, 0.2) is 5.92 Å². The second-order valence-corrected chi connectivity index (χ2v) is 9.37. The average molecular weight is 457 g/mol. The number of nitrogens with one attached hydrogen (secondary N) is 1. The fraction of sp³-hybridized carbons (Fsp3) is 0.542. The molecule has 3 rings (SSSR count). The molecule has 0 aromatic heterocycles. The zero-order chi connectivity index (χ0) is 22.9. The first-order chi connectivity index (χ1) is 15.6. The monoisotopic (exact) mass is 456 g/mol. The summed E-state index contributed by atoms with van der Waals surface area (Å²) in [6.07, 6.45) is 5.06. The maximum atomic E-state index is 12.9. The number of ether oxygens (including phenoxy) is 1. The molecule has 1 amide bonds. The first-order valence-corrected chi connectivity index (χ1v) is 12.2. The van der Waals surface area contributed by atoms with Gasteiger partial charge in [-0.2, -0.15) is 5.26 Å². The Bertz CT molecular complexity index is 850. The molecular formula is C24H32N4O3S. The van der Waals surface area contributed by atoms with Crippen LogP contribution < -0.4 is 5.32 Å². The van der Waals surface area contributed by atoms with Crippen LogP contribution in [0.5, 0.6) is 0 Å². The van der Waals surface area contributed by atoms with Crippen LogP contribution in [0.2, 0.25) is 0 Å². The molecular weight excluding hydrogens is 424 g/mol. The van der Waals surface area contributed by atoms with Crippen LogP contribution >= 0.6 is 11.8 Å². The van der Waals surface area contributed by atoms with Crippen molar-refractivity contribution in [3.63, 3.8) is 0 Å². The van der Waals surface area contributed by atoms with E-state index in [1.807, 2.05) is 25.1 Å². The number of anilines is 1. The number of rotatable bonds is 11. The summed E-state index contributed by atoms with van der Waals surface area (Å²) in [4.78, 5) is 29.3. The van der Waals surface area contributed by atoms with Crippen LogP contribution in [-0.4, -0.2) is 71.6 Å². The highest BCUT2D eigenvalue weighted by atomic mass is 32.2. The highest BCUT2D eigenvalue weighted by molar-refractivity contribution is 8.01. The van der Waals surface area contributed by atoms with Crippen LogP contribution in [0.3, 0.4) is 0 Å². The number of likely N-dealkylation sites (tertiary alicyclic amines) is 1. The Kier molecular flexibility index (Phi) is 9.00. The predicted octanol–water partition coefficient (Wildman–Crippen LogP) is 2.90. The van der Waals surface area contributed by atoms with Crippen molar-refractivity contribution in [3.05, 3.63) is 42.5 Å². The van der Waals surface area contributed by atoms with Gasteiger partial charge in [0.1, 0.15) is 17.2 Å². The molecule has 1 unspecified atom stereocenters. The van der Waals surface area contributed by atoms with Crippen molar-refractivity contribution >= 4 is 29.3 Å². The van der Waals surface area contributed by atoms with E-state index in [9.17, 15) is 14.9 Å². The Morgan fingerprint density at radius 2 is 2.22 bits per heavy atom. The summed E-state index contributed by atoms with van der Waals surface area (Å²) in [5.41, 5.74) is 2.25. The number of amides is 1. The molecule has 0 spiro atoms. The summed E-state index contributed by atoms with van der Waals surface area (Å²) >= 11 is 1.35. The van der Waals surface area contributed by atoms with Gasteiger partial charge in [-0.3, -0.25) is 9.59 Å². The number of hydrogen-bond donors (Lipinski definition) is 1. The zero-order valence-electron chi connectivity index (χ0n) is 18.7. The van der Waals surface area contributed by atoms with E-state index in [0.717, 1.165) is 18.7 Å². The zero-order valence-corrected chi connectivity index (χ0v) is 19.5. The van der Waals surface area contributed by atoms with Gasteiger partial charge in [-0.1, -0.05) is 24.8 Å². The average Bonchev–Trinajstić information content (AvgIpc) is 3.43. The second kappa shape index (κ2) is 11.9. The molecule has 3 atom stereocenters. The van der Waals surface area contributed by atoms with Crippen molar-refractivity contribution in [3.8, 4) is 6.07 Å². The summed E-state index contributed by atoms with van der Waals surface area (Å²) < 4.78 is 5.07. The number of benzene rings is 1. The smallest absolute Gasteiger partial charge is 0.326 e. The molecule has 0 aliphatic carbocycles. The Hall–Kier alpha value is -2.50. The van der Waals surface area contributed by atoms with Gasteiger partial charge in [-0.15, -0.1) is 11.8 Å². The fourth-order valence-corrected chi connectivity index (χ4v) is 5.64. The van der Waals surface area contributed by atoms with Gasteiger partial charge in [0.25, 0.3) is 0 Å². The van der Waals surface area contributed by atoms with Gasteiger partial charge in [0, 0.05) is 25.3 Å². The van der Waals surface area contributed by atoms with Crippen molar-refractivity contribution in [2.24, 2.45) is 5.92 Å². The lowest BCUT2D eigenvalue weighted by Gasteiger charge is -2.24. The molecule has 2 aliphatic heterocycles. The van der Waals surface area contributed by atoms with E-state index in [1.54, 1.807) is 4.90 Å². The predicted molar refractivity (Wildman–Crippen MR) is 127 cm³/mol. The van der Waals surface area contributed by atoms with E-state index in [-0.39, 0.29) is 17.8 Å². The van der Waals surface area contributed by atoms with E-state index in [0.29, 0.717) is 13.1 Å². The molecule has 1 aromatic carbocycles. The standard InChI is InChI=1S/C24H32N4O3S/c1-3-14-31-24(30)20(16-25)23-28(4-2)22(29)21(32-23)17-26-19-9-7-8-18(15-19)10-13-27-11-5-6-12-27/h3,7-9,15,20-21,23,26H,1,4-6,10-14,17H2,2H3/t20?,21-,23+/m1/s1. The van der Waals surface area contributed by atoms with Gasteiger partial charge >= 0.3 is 5.97 Å². The summed E-state index contributed by atoms with van der Waals surface area (Å²) in [7, 11) is 0. The van der Waals surface area contributed by atoms with E-state index < -0.39 is 17.3 Å². The molecule has 1 N–H and O–H groups in total. The highest BCUT2D eigenvalue weighted by Crippen LogP contribution is 2.36.